The third-order valence-electron chi connectivity index (χ3n) is 3.28. The van der Waals surface area contributed by atoms with Crippen LogP contribution in [0.5, 0.6) is 0 Å². The number of benzene rings is 1. The van der Waals surface area contributed by atoms with Crippen LogP contribution < -0.4 is 10.0 Å². The number of hydrogen-bond donors (Lipinski definition) is 2. The van der Waals surface area contributed by atoms with E-state index in [0.717, 1.165) is 12.8 Å². The number of carbonyl (C=O) groups is 2. The average Bonchev–Trinajstić information content (AvgIpc) is 3.31. The Kier molecular flexibility index (Phi) is 5.73. The zero-order valence-electron chi connectivity index (χ0n) is 12.8. The van der Waals surface area contributed by atoms with Gasteiger partial charge < -0.3 is 10.1 Å². The molecule has 7 nitrogen and oxygen atoms in total. The van der Waals surface area contributed by atoms with Crippen molar-refractivity contribution in [2.24, 2.45) is 0 Å². The molecule has 0 heterocycles. The van der Waals surface area contributed by atoms with E-state index in [1.165, 1.54) is 19.1 Å². The van der Waals surface area contributed by atoms with Crippen LogP contribution in [0, 0.1) is 0 Å². The number of amides is 1. The van der Waals surface area contributed by atoms with E-state index < -0.39 is 22.1 Å². The molecule has 0 saturated heterocycles. The molecule has 0 unspecified atom stereocenters. The van der Waals surface area contributed by atoms with Gasteiger partial charge in [-0.2, -0.15) is 0 Å². The Labute approximate surface area is 135 Å². The van der Waals surface area contributed by atoms with E-state index in [0.29, 0.717) is 0 Å². The van der Waals surface area contributed by atoms with Crippen molar-refractivity contribution in [2.75, 3.05) is 6.54 Å². The Balaban J connectivity index is 1.72. The molecular formula is C15H20N2O5S. The summed E-state index contributed by atoms with van der Waals surface area (Å²) in [4.78, 5) is 23.4. The molecule has 1 aromatic rings. The number of esters is 1. The fourth-order valence-electron chi connectivity index (χ4n) is 1.83. The van der Waals surface area contributed by atoms with Gasteiger partial charge >= 0.3 is 5.97 Å². The second-order valence-electron chi connectivity index (χ2n) is 5.38. The first-order chi connectivity index (χ1) is 10.9. The van der Waals surface area contributed by atoms with Crippen molar-refractivity contribution in [3.8, 4) is 0 Å². The molecule has 23 heavy (non-hydrogen) atoms. The summed E-state index contributed by atoms with van der Waals surface area (Å²) < 4.78 is 31.2. The van der Waals surface area contributed by atoms with Crippen molar-refractivity contribution < 1.29 is 22.7 Å². The lowest BCUT2D eigenvalue weighted by atomic mass is 10.3. The molecule has 1 amide bonds. The van der Waals surface area contributed by atoms with E-state index >= 15 is 0 Å². The number of sulfonamides is 1. The quantitative estimate of drug-likeness (QED) is 0.674. The first-order valence-corrected chi connectivity index (χ1v) is 8.91. The number of ether oxygens (including phenoxy) is 1. The standard InChI is InChI=1S/C15H20N2O5S/c1-11(15(19)17-12-7-8-12)22-14(18)9-10-16-23(20,21)13-5-3-2-4-6-13/h2-6,11-12,16H,7-10H2,1H3,(H,17,19)/t11-/m0/s1. The summed E-state index contributed by atoms with van der Waals surface area (Å²) in [6.07, 6.45) is 0.878. The van der Waals surface area contributed by atoms with E-state index in [2.05, 4.69) is 10.0 Å². The predicted octanol–water partition coefficient (Wildman–Crippen LogP) is 0.565. The van der Waals surface area contributed by atoms with Crippen LogP contribution in [0.3, 0.4) is 0 Å². The monoisotopic (exact) mass is 340 g/mol. The van der Waals surface area contributed by atoms with Crippen LogP contribution in [0.2, 0.25) is 0 Å². The largest absolute Gasteiger partial charge is 0.453 e. The molecule has 0 aliphatic heterocycles. The molecule has 2 rings (SSSR count). The molecule has 1 aliphatic rings. The topological polar surface area (TPSA) is 102 Å². The number of rotatable bonds is 8. The molecule has 1 aromatic carbocycles. The Hall–Kier alpha value is -1.93. The molecule has 0 bridgehead atoms. The third kappa shape index (κ3) is 5.65. The number of nitrogens with one attached hydrogen (secondary N) is 2. The highest BCUT2D eigenvalue weighted by atomic mass is 32.2. The third-order valence-corrected chi connectivity index (χ3v) is 4.75. The fraction of sp³-hybridized carbons (Fsp3) is 0.467. The summed E-state index contributed by atoms with van der Waals surface area (Å²) >= 11 is 0. The predicted molar refractivity (Wildman–Crippen MR) is 83.0 cm³/mol. The summed E-state index contributed by atoms with van der Waals surface area (Å²) in [5, 5.41) is 2.73. The van der Waals surface area contributed by atoms with Gasteiger partial charge in [0.25, 0.3) is 5.91 Å². The van der Waals surface area contributed by atoms with Crippen molar-refractivity contribution in [3.05, 3.63) is 30.3 Å². The molecule has 8 heteroatoms. The normalized spacial score (nSPS) is 15.7. The van der Waals surface area contributed by atoms with Crippen molar-refractivity contribution in [1.29, 1.82) is 0 Å². The number of carbonyl (C=O) groups excluding carboxylic acids is 2. The Morgan fingerprint density at radius 1 is 1.26 bits per heavy atom. The van der Waals surface area contributed by atoms with Gasteiger partial charge in [0, 0.05) is 12.6 Å². The van der Waals surface area contributed by atoms with Crippen molar-refractivity contribution in [3.63, 3.8) is 0 Å². The lowest BCUT2D eigenvalue weighted by Crippen LogP contribution is -2.37. The Morgan fingerprint density at radius 3 is 2.52 bits per heavy atom. The molecule has 1 fully saturated rings. The summed E-state index contributed by atoms with van der Waals surface area (Å²) in [6, 6.07) is 8.06. The number of hydrogen-bond acceptors (Lipinski definition) is 5. The van der Waals surface area contributed by atoms with Gasteiger partial charge in [-0.25, -0.2) is 13.1 Å². The highest BCUT2D eigenvalue weighted by molar-refractivity contribution is 7.89. The van der Waals surface area contributed by atoms with Gasteiger partial charge in [-0.3, -0.25) is 9.59 Å². The zero-order valence-corrected chi connectivity index (χ0v) is 13.6. The molecule has 126 valence electrons. The van der Waals surface area contributed by atoms with Crippen LogP contribution in [-0.2, 0) is 24.3 Å². The van der Waals surface area contributed by atoms with E-state index in [-0.39, 0.29) is 29.8 Å². The van der Waals surface area contributed by atoms with Crippen LogP contribution >= 0.6 is 0 Å². The zero-order chi connectivity index (χ0) is 16.9. The molecule has 1 atom stereocenters. The average molecular weight is 340 g/mol. The summed E-state index contributed by atoms with van der Waals surface area (Å²) in [7, 11) is -3.65. The fourth-order valence-corrected chi connectivity index (χ4v) is 2.88. The van der Waals surface area contributed by atoms with E-state index in [4.69, 9.17) is 4.74 Å². The van der Waals surface area contributed by atoms with Crippen molar-refractivity contribution in [2.45, 2.75) is 43.2 Å². The second kappa shape index (κ2) is 7.56. The van der Waals surface area contributed by atoms with Crippen LogP contribution in [0.1, 0.15) is 26.2 Å². The van der Waals surface area contributed by atoms with Gasteiger partial charge in [-0.1, -0.05) is 18.2 Å². The van der Waals surface area contributed by atoms with Gasteiger partial charge in [0.2, 0.25) is 10.0 Å². The van der Waals surface area contributed by atoms with E-state index in [1.54, 1.807) is 18.2 Å². The van der Waals surface area contributed by atoms with E-state index in [9.17, 15) is 18.0 Å². The summed E-state index contributed by atoms with van der Waals surface area (Å²) in [5.41, 5.74) is 0. The molecule has 1 saturated carbocycles. The molecule has 0 radical (unpaired) electrons. The minimum Gasteiger partial charge on any atom is -0.453 e. The minimum atomic E-state index is -3.65. The maximum atomic E-state index is 11.9. The SMILES string of the molecule is C[C@H](OC(=O)CCNS(=O)(=O)c1ccccc1)C(=O)NC1CC1. The lowest BCUT2D eigenvalue weighted by molar-refractivity contribution is -0.154. The molecule has 0 aromatic heterocycles. The first-order valence-electron chi connectivity index (χ1n) is 7.43. The van der Waals surface area contributed by atoms with Gasteiger partial charge in [-0.05, 0) is 31.9 Å². The first kappa shape index (κ1) is 17.4. The molecule has 1 aliphatic carbocycles. The summed E-state index contributed by atoms with van der Waals surface area (Å²) in [5.74, 6) is -0.954. The van der Waals surface area contributed by atoms with Crippen LogP contribution in [-0.4, -0.2) is 39.0 Å². The van der Waals surface area contributed by atoms with Gasteiger partial charge in [-0.15, -0.1) is 0 Å². The smallest absolute Gasteiger partial charge is 0.307 e. The maximum Gasteiger partial charge on any atom is 0.307 e. The molecular weight excluding hydrogens is 320 g/mol. The minimum absolute atomic E-state index is 0.0903. The maximum absolute atomic E-state index is 11.9. The highest BCUT2D eigenvalue weighted by Gasteiger charge is 2.27. The highest BCUT2D eigenvalue weighted by Crippen LogP contribution is 2.18. The Morgan fingerprint density at radius 2 is 1.91 bits per heavy atom. The van der Waals surface area contributed by atoms with Gasteiger partial charge in [0.1, 0.15) is 0 Å². The molecule has 0 spiro atoms. The van der Waals surface area contributed by atoms with E-state index in [1.807, 2.05) is 0 Å². The Bertz CT molecular complexity index is 656. The lowest BCUT2D eigenvalue weighted by Gasteiger charge is -2.13. The van der Waals surface area contributed by atoms with Crippen LogP contribution in [0.4, 0.5) is 0 Å². The van der Waals surface area contributed by atoms with Gasteiger partial charge in [0.05, 0.1) is 11.3 Å². The second-order valence-corrected chi connectivity index (χ2v) is 7.14. The van der Waals surface area contributed by atoms with Crippen LogP contribution in [0.15, 0.2) is 35.2 Å². The van der Waals surface area contributed by atoms with Gasteiger partial charge in [0.15, 0.2) is 6.10 Å². The van der Waals surface area contributed by atoms with Crippen molar-refractivity contribution >= 4 is 21.9 Å². The van der Waals surface area contributed by atoms with Crippen LogP contribution in [0.25, 0.3) is 0 Å². The summed E-state index contributed by atoms with van der Waals surface area (Å²) in [6.45, 7) is 1.40. The molecule has 2 N–H and O–H groups in total. The van der Waals surface area contributed by atoms with Crippen molar-refractivity contribution in [1.82, 2.24) is 10.0 Å².